The second kappa shape index (κ2) is 10.7. The molecule has 202 valence electrons. The van der Waals surface area contributed by atoms with Crippen molar-refractivity contribution in [3.63, 3.8) is 0 Å². The number of nitrogens with zero attached hydrogens (tertiary/aromatic N) is 5. The molecule has 0 saturated carbocycles. The van der Waals surface area contributed by atoms with Crippen LogP contribution in [0.25, 0.3) is 27.7 Å². The Kier molecular flexibility index (Phi) is 7.10. The zero-order valence-electron chi connectivity index (χ0n) is 21.6. The first-order chi connectivity index (χ1) is 19.7. The highest BCUT2D eigenvalue weighted by atomic mass is 35.5. The Bertz CT molecular complexity index is 2090. The molecule has 0 spiro atoms. The van der Waals surface area contributed by atoms with E-state index in [1.165, 1.54) is 23.9 Å². The molecular weight excluding hydrogens is 552 g/mol. The fourth-order valence-electron chi connectivity index (χ4n) is 4.63. The number of aryl methyl sites for hydroxylation is 1. The molecule has 0 amide bonds. The smallest absolute Gasteiger partial charge is 0.336 e. The van der Waals surface area contributed by atoms with Crippen molar-refractivity contribution in [2.45, 2.75) is 13.5 Å². The lowest BCUT2D eigenvalue weighted by Gasteiger charge is -2.18. The number of hydrogen-bond acceptors (Lipinski definition) is 6. The minimum absolute atomic E-state index is 0.0213. The Morgan fingerprint density at radius 1 is 1.02 bits per heavy atom. The van der Waals surface area contributed by atoms with E-state index in [9.17, 15) is 28.9 Å². The third-order valence-electron chi connectivity index (χ3n) is 6.51. The fraction of sp³-hybridized carbons (Fsp3) is 0.100. The van der Waals surface area contributed by atoms with E-state index in [-0.39, 0.29) is 34.4 Å². The summed E-state index contributed by atoms with van der Waals surface area (Å²) in [6.07, 6.45) is 2.91. The van der Waals surface area contributed by atoms with Gasteiger partial charge in [-0.3, -0.25) is 14.3 Å². The second-order valence-corrected chi connectivity index (χ2v) is 9.57. The van der Waals surface area contributed by atoms with Gasteiger partial charge < -0.3 is 4.74 Å². The van der Waals surface area contributed by atoms with Crippen LogP contribution in [0, 0.1) is 41.2 Å². The number of fused-ring (bicyclic) bond motifs is 1. The van der Waals surface area contributed by atoms with Crippen LogP contribution in [0.3, 0.4) is 0 Å². The molecule has 2 aromatic heterocycles. The normalized spacial score (nSPS) is 10.8. The summed E-state index contributed by atoms with van der Waals surface area (Å²) in [5.41, 5.74) is 0.257. The Hall–Kier alpha value is -5.32. The van der Waals surface area contributed by atoms with E-state index in [1.54, 1.807) is 49.5 Å². The number of hydrogen-bond donors (Lipinski definition) is 0. The summed E-state index contributed by atoms with van der Waals surface area (Å²) in [7, 11) is 1.36. The third kappa shape index (κ3) is 4.82. The van der Waals surface area contributed by atoms with Crippen molar-refractivity contribution < 1.29 is 13.5 Å². The van der Waals surface area contributed by atoms with Crippen molar-refractivity contribution in [3.05, 3.63) is 121 Å². The molecule has 11 heteroatoms. The average molecular weight is 570 g/mol. The maximum absolute atomic E-state index is 14.4. The predicted octanol–water partition coefficient (Wildman–Crippen LogP) is 5.25. The largest absolute Gasteiger partial charge is 0.496 e. The van der Waals surface area contributed by atoms with Crippen LogP contribution in [-0.2, 0) is 6.54 Å². The minimum atomic E-state index is -1.31. The van der Waals surface area contributed by atoms with Crippen LogP contribution in [-0.4, -0.2) is 21.2 Å². The number of pyridine rings is 1. The van der Waals surface area contributed by atoms with Crippen molar-refractivity contribution in [1.29, 1.82) is 10.5 Å². The van der Waals surface area contributed by atoms with Crippen molar-refractivity contribution in [3.8, 4) is 34.7 Å². The van der Waals surface area contributed by atoms with Crippen LogP contribution in [0.15, 0.2) is 70.5 Å². The molecule has 3 aromatic carbocycles. The van der Waals surface area contributed by atoms with Gasteiger partial charge in [0.15, 0.2) is 11.6 Å². The van der Waals surface area contributed by atoms with Gasteiger partial charge in [0.2, 0.25) is 0 Å². The molecule has 0 bridgehead atoms. The summed E-state index contributed by atoms with van der Waals surface area (Å²) < 4.78 is 36.2. The zero-order chi connectivity index (χ0) is 29.4. The van der Waals surface area contributed by atoms with Gasteiger partial charge in [-0.05, 0) is 72.1 Å². The maximum atomic E-state index is 14.4. The molecule has 41 heavy (non-hydrogen) atoms. The fourth-order valence-corrected chi connectivity index (χ4v) is 4.85. The van der Waals surface area contributed by atoms with Crippen molar-refractivity contribution >= 4 is 22.5 Å². The first-order valence-electron chi connectivity index (χ1n) is 12.0. The Labute approximate surface area is 236 Å². The van der Waals surface area contributed by atoms with Crippen LogP contribution < -0.4 is 16.0 Å². The monoisotopic (exact) mass is 569 g/mol. The summed E-state index contributed by atoms with van der Waals surface area (Å²) in [4.78, 5) is 32.0. The average Bonchev–Trinajstić information content (AvgIpc) is 2.96. The van der Waals surface area contributed by atoms with E-state index in [0.29, 0.717) is 27.3 Å². The van der Waals surface area contributed by atoms with E-state index >= 15 is 0 Å². The molecule has 0 N–H and O–H groups in total. The van der Waals surface area contributed by atoms with E-state index < -0.39 is 28.4 Å². The van der Waals surface area contributed by atoms with Gasteiger partial charge in [-0.2, -0.15) is 10.5 Å². The number of nitriles is 2. The van der Waals surface area contributed by atoms with Gasteiger partial charge in [0.25, 0.3) is 5.56 Å². The number of rotatable bonds is 5. The Morgan fingerprint density at radius 2 is 1.80 bits per heavy atom. The highest BCUT2D eigenvalue weighted by molar-refractivity contribution is 6.33. The number of ether oxygens (including phenoxy) is 1. The molecule has 0 unspecified atom stereocenters. The van der Waals surface area contributed by atoms with Gasteiger partial charge in [-0.25, -0.2) is 18.1 Å². The lowest BCUT2D eigenvalue weighted by Crippen LogP contribution is -2.39. The van der Waals surface area contributed by atoms with Gasteiger partial charge >= 0.3 is 5.69 Å². The van der Waals surface area contributed by atoms with Crippen LogP contribution in [0.2, 0.25) is 5.02 Å². The Balaban J connectivity index is 1.91. The Morgan fingerprint density at radius 3 is 2.49 bits per heavy atom. The van der Waals surface area contributed by atoms with Crippen LogP contribution in [0.1, 0.15) is 22.3 Å². The molecular formula is C30H18ClF2N5O3. The van der Waals surface area contributed by atoms with E-state index in [4.69, 9.17) is 16.3 Å². The summed E-state index contributed by atoms with van der Waals surface area (Å²) >= 11 is 6.45. The SMILES string of the molecule is COc1cc(-c2cc(C#N)ccc2Cl)cc2c1c(=O)n(-c1cncc(C)c1)c(=O)n2Cc1cc(F)c(F)c(C#N)c1. The van der Waals surface area contributed by atoms with Gasteiger partial charge in [0.1, 0.15) is 17.2 Å². The molecule has 0 aliphatic heterocycles. The van der Waals surface area contributed by atoms with Crippen LogP contribution in [0.5, 0.6) is 5.75 Å². The van der Waals surface area contributed by atoms with E-state index in [1.807, 2.05) is 6.07 Å². The lowest BCUT2D eigenvalue weighted by atomic mass is 10.0. The topological polar surface area (TPSA) is 114 Å². The molecule has 0 aliphatic rings. The van der Waals surface area contributed by atoms with Crippen LogP contribution in [0.4, 0.5) is 8.78 Å². The molecule has 2 heterocycles. The van der Waals surface area contributed by atoms with E-state index in [2.05, 4.69) is 4.98 Å². The molecule has 5 rings (SSSR count). The first-order valence-corrected chi connectivity index (χ1v) is 12.4. The number of methoxy groups -OCH3 is 1. The third-order valence-corrected chi connectivity index (χ3v) is 6.84. The molecule has 0 saturated heterocycles. The standard InChI is InChI=1S/C30H18ClF2N5O3/c1-16-5-21(14-36-13-16)38-29(39)27-25(37(30(38)40)15-18-6-20(12-35)28(33)24(32)8-18)9-19(10-26(27)41-2)22-7-17(11-34)3-4-23(22)31/h3-10,13-14H,15H2,1-2H3. The number of halogens is 3. The quantitative estimate of drug-likeness (QED) is 0.285. The minimum Gasteiger partial charge on any atom is -0.496 e. The summed E-state index contributed by atoms with van der Waals surface area (Å²) in [6, 6.07) is 15.0. The first kappa shape index (κ1) is 27.3. The highest BCUT2D eigenvalue weighted by Crippen LogP contribution is 2.35. The molecule has 0 fully saturated rings. The summed E-state index contributed by atoms with van der Waals surface area (Å²) in [5.74, 6) is -2.46. The number of benzene rings is 3. The molecule has 0 aliphatic carbocycles. The summed E-state index contributed by atoms with van der Waals surface area (Å²) in [5, 5.41) is 19.0. The zero-order valence-corrected chi connectivity index (χ0v) is 22.3. The molecule has 0 radical (unpaired) electrons. The molecule has 8 nitrogen and oxygen atoms in total. The van der Waals surface area contributed by atoms with Crippen molar-refractivity contribution in [2.75, 3.05) is 7.11 Å². The molecule has 0 atom stereocenters. The second-order valence-electron chi connectivity index (χ2n) is 9.16. The van der Waals surface area contributed by atoms with Crippen molar-refractivity contribution in [2.24, 2.45) is 0 Å². The van der Waals surface area contributed by atoms with Gasteiger partial charge in [0.05, 0.1) is 48.3 Å². The predicted molar refractivity (Wildman–Crippen MR) is 148 cm³/mol. The lowest BCUT2D eigenvalue weighted by molar-refractivity contribution is 0.419. The molecule has 5 aromatic rings. The summed E-state index contributed by atoms with van der Waals surface area (Å²) in [6.45, 7) is 1.41. The van der Waals surface area contributed by atoms with E-state index in [0.717, 1.165) is 16.7 Å². The number of aromatic nitrogens is 3. The van der Waals surface area contributed by atoms with Gasteiger partial charge in [-0.15, -0.1) is 0 Å². The van der Waals surface area contributed by atoms with Crippen molar-refractivity contribution in [1.82, 2.24) is 14.1 Å². The highest BCUT2D eigenvalue weighted by Gasteiger charge is 2.22. The van der Waals surface area contributed by atoms with Gasteiger partial charge in [-0.1, -0.05) is 11.6 Å². The van der Waals surface area contributed by atoms with Gasteiger partial charge in [0, 0.05) is 16.8 Å². The van der Waals surface area contributed by atoms with Crippen LogP contribution >= 0.6 is 11.6 Å². The maximum Gasteiger partial charge on any atom is 0.336 e.